The quantitative estimate of drug-likeness (QED) is 0.658. The summed E-state index contributed by atoms with van der Waals surface area (Å²) in [5, 5.41) is 0.691. The summed E-state index contributed by atoms with van der Waals surface area (Å²) in [6.07, 6.45) is -2.76. The molecule has 0 aliphatic heterocycles. The summed E-state index contributed by atoms with van der Waals surface area (Å²) in [5.74, 6) is 0. The lowest BCUT2D eigenvalue weighted by Gasteiger charge is -2.09. The normalized spacial score (nSPS) is 12.3. The largest absolute Gasteiger partial charge is 0.406 e. The van der Waals surface area contributed by atoms with Crippen LogP contribution in [0.3, 0.4) is 0 Å². The number of pyridine rings is 1. The molecule has 2 heterocycles. The maximum atomic E-state index is 12.4. The van der Waals surface area contributed by atoms with E-state index in [1.54, 1.807) is 12.1 Å². The standard InChI is InChI=1S/C9H5BrF3IN2/c10-6-1-2-15-8-5(6)3-7(14)16(8)4-9(11,12)13/h1-3H,4H2. The molecule has 0 aromatic carbocycles. The molecule has 0 amide bonds. The van der Waals surface area contributed by atoms with Crippen molar-refractivity contribution in [2.24, 2.45) is 0 Å². The van der Waals surface area contributed by atoms with Gasteiger partial charge in [-0.3, -0.25) is 0 Å². The van der Waals surface area contributed by atoms with E-state index >= 15 is 0 Å². The molecule has 7 heteroatoms. The van der Waals surface area contributed by atoms with E-state index in [4.69, 9.17) is 0 Å². The third-order valence-corrected chi connectivity index (χ3v) is 3.62. The van der Waals surface area contributed by atoms with Gasteiger partial charge in [-0.15, -0.1) is 0 Å². The predicted octanol–water partition coefficient (Wildman–Crippen LogP) is 3.97. The molecule has 0 atom stereocenters. The first kappa shape index (κ1) is 12.2. The number of hydrogen-bond donors (Lipinski definition) is 0. The van der Waals surface area contributed by atoms with Crippen molar-refractivity contribution in [1.82, 2.24) is 9.55 Å². The van der Waals surface area contributed by atoms with Gasteiger partial charge in [0.1, 0.15) is 12.2 Å². The average molecular weight is 405 g/mol. The molecule has 0 fully saturated rings. The molecule has 86 valence electrons. The Morgan fingerprint density at radius 2 is 2.12 bits per heavy atom. The van der Waals surface area contributed by atoms with Gasteiger partial charge in [-0.05, 0) is 50.7 Å². The van der Waals surface area contributed by atoms with Crippen LogP contribution in [0.5, 0.6) is 0 Å². The van der Waals surface area contributed by atoms with E-state index in [1.807, 2.05) is 22.6 Å². The van der Waals surface area contributed by atoms with Gasteiger partial charge in [0.2, 0.25) is 0 Å². The van der Waals surface area contributed by atoms with Gasteiger partial charge >= 0.3 is 6.18 Å². The van der Waals surface area contributed by atoms with Crippen molar-refractivity contribution in [3.05, 3.63) is 26.5 Å². The van der Waals surface area contributed by atoms with Crippen molar-refractivity contribution < 1.29 is 13.2 Å². The smallest absolute Gasteiger partial charge is 0.312 e. The van der Waals surface area contributed by atoms with Crippen LogP contribution in [-0.4, -0.2) is 15.7 Å². The van der Waals surface area contributed by atoms with E-state index < -0.39 is 12.7 Å². The minimum atomic E-state index is -4.24. The van der Waals surface area contributed by atoms with Crippen LogP contribution >= 0.6 is 38.5 Å². The molecule has 0 aliphatic rings. The van der Waals surface area contributed by atoms with E-state index in [-0.39, 0.29) is 0 Å². The molecule has 2 rings (SSSR count). The van der Waals surface area contributed by atoms with Crippen molar-refractivity contribution >= 4 is 49.6 Å². The van der Waals surface area contributed by atoms with Crippen LogP contribution in [-0.2, 0) is 6.54 Å². The second kappa shape index (κ2) is 4.17. The summed E-state index contributed by atoms with van der Waals surface area (Å²) in [4.78, 5) is 3.98. The molecule has 2 aromatic heterocycles. The Balaban J connectivity index is 2.61. The molecule has 16 heavy (non-hydrogen) atoms. The Morgan fingerprint density at radius 1 is 1.44 bits per heavy atom. The second-order valence-corrected chi connectivity index (χ2v) is 5.16. The molecular weight excluding hydrogens is 400 g/mol. The number of rotatable bonds is 1. The zero-order valence-corrected chi connectivity index (χ0v) is 11.5. The molecule has 0 unspecified atom stereocenters. The van der Waals surface area contributed by atoms with Gasteiger partial charge < -0.3 is 4.57 Å². The molecule has 0 aliphatic carbocycles. The highest BCUT2D eigenvalue weighted by molar-refractivity contribution is 14.1. The van der Waals surface area contributed by atoms with Crippen LogP contribution < -0.4 is 0 Å². The number of hydrogen-bond acceptors (Lipinski definition) is 1. The van der Waals surface area contributed by atoms with Crippen LogP contribution in [0.2, 0.25) is 0 Å². The predicted molar refractivity (Wildman–Crippen MR) is 66.2 cm³/mol. The molecule has 2 nitrogen and oxygen atoms in total. The molecule has 0 N–H and O–H groups in total. The van der Waals surface area contributed by atoms with Gasteiger partial charge in [-0.25, -0.2) is 4.98 Å². The fraction of sp³-hybridized carbons (Fsp3) is 0.222. The third-order valence-electron chi connectivity index (χ3n) is 2.03. The zero-order chi connectivity index (χ0) is 11.9. The SMILES string of the molecule is FC(F)(F)Cn1c(I)cc2c(Br)ccnc21. The zero-order valence-electron chi connectivity index (χ0n) is 7.72. The molecule has 2 aromatic rings. The lowest BCUT2D eigenvalue weighted by molar-refractivity contribution is -0.140. The summed E-state index contributed by atoms with van der Waals surface area (Å²) in [6, 6.07) is 3.38. The van der Waals surface area contributed by atoms with E-state index in [0.29, 0.717) is 14.7 Å². The van der Waals surface area contributed by atoms with Crippen molar-refractivity contribution in [1.29, 1.82) is 0 Å². The maximum absolute atomic E-state index is 12.4. The summed E-state index contributed by atoms with van der Waals surface area (Å²) in [5.41, 5.74) is 0.344. The Bertz CT molecular complexity index is 535. The average Bonchev–Trinajstić information content (AvgIpc) is 2.44. The van der Waals surface area contributed by atoms with E-state index in [0.717, 1.165) is 9.04 Å². The highest BCUT2D eigenvalue weighted by Crippen LogP contribution is 2.29. The van der Waals surface area contributed by atoms with Gasteiger partial charge in [0.25, 0.3) is 0 Å². The van der Waals surface area contributed by atoms with Crippen molar-refractivity contribution in [3.63, 3.8) is 0 Å². The fourth-order valence-corrected chi connectivity index (χ4v) is 2.54. The van der Waals surface area contributed by atoms with Crippen molar-refractivity contribution in [3.8, 4) is 0 Å². The van der Waals surface area contributed by atoms with Crippen LogP contribution in [0, 0.1) is 3.70 Å². The maximum Gasteiger partial charge on any atom is 0.406 e. The Labute approximate surface area is 111 Å². The minimum Gasteiger partial charge on any atom is -0.312 e. The van der Waals surface area contributed by atoms with Gasteiger partial charge in [0.15, 0.2) is 0 Å². The number of fused-ring (bicyclic) bond motifs is 1. The van der Waals surface area contributed by atoms with Gasteiger partial charge in [0.05, 0.1) is 3.70 Å². The topological polar surface area (TPSA) is 17.8 Å². The first-order chi connectivity index (χ1) is 7.38. The van der Waals surface area contributed by atoms with E-state index in [2.05, 4.69) is 20.9 Å². The first-order valence-corrected chi connectivity index (χ1v) is 6.11. The summed E-state index contributed by atoms with van der Waals surface area (Å²) < 4.78 is 39.5. The van der Waals surface area contributed by atoms with Crippen LogP contribution in [0.1, 0.15) is 0 Å². The van der Waals surface area contributed by atoms with Gasteiger partial charge in [-0.2, -0.15) is 13.2 Å². The molecule has 0 radical (unpaired) electrons. The monoisotopic (exact) mass is 404 g/mol. The fourth-order valence-electron chi connectivity index (χ4n) is 1.42. The Hall–Kier alpha value is -0.310. The highest BCUT2D eigenvalue weighted by atomic mass is 127. The van der Waals surface area contributed by atoms with Gasteiger partial charge in [-0.1, -0.05) is 0 Å². The van der Waals surface area contributed by atoms with Crippen LogP contribution in [0.4, 0.5) is 13.2 Å². The van der Waals surface area contributed by atoms with Crippen LogP contribution in [0.25, 0.3) is 11.0 Å². The van der Waals surface area contributed by atoms with E-state index in [9.17, 15) is 13.2 Å². The minimum absolute atomic E-state index is 0.344. The van der Waals surface area contributed by atoms with Crippen molar-refractivity contribution in [2.75, 3.05) is 0 Å². The number of aromatic nitrogens is 2. The summed E-state index contributed by atoms with van der Waals surface area (Å²) in [6.45, 7) is -1.02. The summed E-state index contributed by atoms with van der Waals surface area (Å²) >= 11 is 5.16. The van der Waals surface area contributed by atoms with Crippen molar-refractivity contribution in [2.45, 2.75) is 12.7 Å². The lowest BCUT2D eigenvalue weighted by Crippen LogP contribution is -2.18. The Kier molecular flexibility index (Phi) is 3.17. The molecule has 0 saturated carbocycles. The highest BCUT2D eigenvalue weighted by Gasteiger charge is 2.29. The summed E-state index contributed by atoms with van der Waals surface area (Å²) in [7, 11) is 0. The molecule has 0 bridgehead atoms. The van der Waals surface area contributed by atoms with Gasteiger partial charge in [0, 0.05) is 16.1 Å². The number of halogens is 5. The molecule has 0 spiro atoms. The number of alkyl halides is 3. The van der Waals surface area contributed by atoms with E-state index in [1.165, 1.54) is 6.20 Å². The Morgan fingerprint density at radius 3 is 2.75 bits per heavy atom. The second-order valence-electron chi connectivity index (χ2n) is 3.20. The molecular formula is C9H5BrF3IN2. The molecule has 0 saturated heterocycles. The third kappa shape index (κ3) is 2.34. The first-order valence-electron chi connectivity index (χ1n) is 4.24. The number of nitrogens with zero attached hydrogens (tertiary/aromatic N) is 2. The lowest BCUT2D eigenvalue weighted by atomic mass is 10.3. The van der Waals surface area contributed by atoms with Crippen LogP contribution in [0.15, 0.2) is 22.8 Å².